The van der Waals surface area contributed by atoms with Crippen molar-refractivity contribution in [2.24, 2.45) is 5.92 Å². The minimum atomic E-state index is -0.317. The number of carbonyl (C=O) groups is 1. The van der Waals surface area contributed by atoms with E-state index in [0.29, 0.717) is 18.7 Å². The molecule has 1 atom stereocenters. The molecule has 0 saturated carbocycles. The second-order valence-corrected chi connectivity index (χ2v) is 5.72. The van der Waals surface area contributed by atoms with E-state index in [1.807, 2.05) is 20.8 Å². The highest BCUT2D eigenvalue weighted by Gasteiger charge is 2.22. The van der Waals surface area contributed by atoms with E-state index in [9.17, 15) is 4.79 Å². The van der Waals surface area contributed by atoms with Gasteiger partial charge in [0.25, 0.3) is 0 Å². The van der Waals surface area contributed by atoms with E-state index >= 15 is 0 Å². The molecule has 0 aliphatic carbocycles. The summed E-state index contributed by atoms with van der Waals surface area (Å²) in [5, 5.41) is 9.11. The first-order valence-corrected chi connectivity index (χ1v) is 6.55. The molecular formula is C15H22N2O2. The summed E-state index contributed by atoms with van der Waals surface area (Å²) in [6.45, 7) is 10.8. The van der Waals surface area contributed by atoms with Crippen LogP contribution in [0.2, 0.25) is 0 Å². The molecule has 0 aromatic rings. The summed E-state index contributed by atoms with van der Waals surface area (Å²) in [6, 6.07) is 2.19. The number of hydrogen-bond donors (Lipinski definition) is 0. The Morgan fingerprint density at radius 1 is 1.63 bits per heavy atom. The topological polar surface area (TPSA) is 53.3 Å². The van der Waals surface area contributed by atoms with Crippen LogP contribution >= 0.6 is 0 Å². The van der Waals surface area contributed by atoms with E-state index in [1.54, 1.807) is 17.1 Å². The second-order valence-electron chi connectivity index (χ2n) is 5.72. The number of nitrogens with zero attached hydrogens (tertiary/aromatic N) is 2. The molecule has 19 heavy (non-hydrogen) atoms. The van der Waals surface area contributed by atoms with Gasteiger partial charge < -0.3 is 9.64 Å². The highest BCUT2D eigenvalue weighted by Crippen LogP contribution is 2.15. The predicted octanol–water partition coefficient (Wildman–Crippen LogP) is 2.63. The number of allylic oxidation sites excluding steroid dienone is 1. The summed E-state index contributed by atoms with van der Waals surface area (Å²) in [6.07, 6.45) is 4.95. The quantitative estimate of drug-likeness (QED) is 0.565. The molecule has 0 N–H and O–H groups in total. The van der Waals surface area contributed by atoms with Crippen molar-refractivity contribution in [3.8, 4) is 6.07 Å². The standard InChI is InChI=1S/C15H22N2O2/c1-12(19-15(2,3)4)7-8-13(10-16)11-17-9-5-6-14(17)18/h7-8,13H,1,5-6,9,11H2,2-4H3/b8-7-/t13-/m0/s1. The van der Waals surface area contributed by atoms with Crippen LogP contribution in [0.25, 0.3) is 0 Å². The summed E-state index contributed by atoms with van der Waals surface area (Å²) < 4.78 is 5.55. The lowest BCUT2D eigenvalue weighted by atomic mass is 10.1. The van der Waals surface area contributed by atoms with Crippen molar-refractivity contribution >= 4 is 5.91 Å². The molecule has 1 amide bonds. The van der Waals surface area contributed by atoms with Crippen LogP contribution in [0.5, 0.6) is 0 Å². The van der Waals surface area contributed by atoms with Gasteiger partial charge in [-0.25, -0.2) is 0 Å². The van der Waals surface area contributed by atoms with Crippen LogP contribution in [0.4, 0.5) is 0 Å². The second kappa shape index (κ2) is 6.42. The average Bonchev–Trinajstić information content (AvgIpc) is 2.67. The Kier molecular flexibility index (Phi) is 5.17. The summed E-state index contributed by atoms with van der Waals surface area (Å²) >= 11 is 0. The van der Waals surface area contributed by atoms with Crippen molar-refractivity contribution in [3.05, 3.63) is 24.5 Å². The van der Waals surface area contributed by atoms with Gasteiger partial charge in [-0.1, -0.05) is 12.7 Å². The van der Waals surface area contributed by atoms with Gasteiger partial charge >= 0.3 is 0 Å². The zero-order valence-electron chi connectivity index (χ0n) is 12.0. The first kappa shape index (κ1) is 15.3. The van der Waals surface area contributed by atoms with Crippen LogP contribution in [0, 0.1) is 17.2 Å². The molecule has 1 fully saturated rings. The van der Waals surface area contributed by atoms with Gasteiger partial charge in [-0.15, -0.1) is 0 Å². The average molecular weight is 262 g/mol. The maximum atomic E-state index is 11.5. The van der Waals surface area contributed by atoms with Gasteiger partial charge in [0.05, 0.1) is 12.0 Å². The van der Waals surface area contributed by atoms with Gasteiger partial charge in [-0.05, 0) is 33.3 Å². The third-order valence-corrected chi connectivity index (χ3v) is 2.71. The third-order valence-electron chi connectivity index (χ3n) is 2.71. The molecule has 0 unspecified atom stereocenters. The minimum Gasteiger partial charge on any atom is -0.489 e. The molecule has 4 heteroatoms. The largest absolute Gasteiger partial charge is 0.489 e. The van der Waals surface area contributed by atoms with Crippen LogP contribution in [0.3, 0.4) is 0 Å². The molecule has 0 aromatic carbocycles. The zero-order chi connectivity index (χ0) is 14.5. The SMILES string of the molecule is C=C(/C=C\[C@@H](C#N)CN1CCCC1=O)OC(C)(C)C. The van der Waals surface area contributed by atoms with Gasteiger partial charge in [0.15, 0.2) is 0 Å². The lowest BCUT2D eigenvalue weighted by Crippen LogP contribution is -2.29. The third kappa shape index (κ3) is 5.60. The summed E-state index contributed by atoms with van der Waals surface area (Å²) in [7, 11) is 0. The lowest BCUT2D eigenvalue weighted by molar-refractivity contribution is -0.127. The number of nitriles is 1. The number of amides is 1. The first-order chi connectivity index (χ1) is 8.81. The number of hydrogen-bond acceptors (Lipinski definition) is 3. The van der Waals surface area contributed by atoms with Gasteiger partial charge in [0.1, 0.15) is 11.4 Å². The zero-order valence-corrected chi connectivity index (χ0v) is 12.0. The molecule has 0 aromatic heterocycles. The smallest absolute Gasteiger partial charge is 0.222 e. The van der Waals surface area contributed by atoms with E-state index in [1.165, 1.54) is 0 Å². The van der Waals surface area contributed by atoms with Crippen LogP contribution < -0.4 is 0 Å². The van der Waals surface area contributed by atoms with E-state index in [-0.39, 0.29) is 17.4 Å². The molecule has 1 rings (SSSR count). The maximum absolute atomic E-state index is 11.5. The molecule has 1 aliphatic heterocycles. The Balaban J connectivity index is 2.50. The molecule has 0 bridgehead atoms. The van der Waals surface area contributed by atoms with Gasteiger partial charge in [-0.2, -0.15) is 5.26 Å². The Morgan fingerprint density at radius 3 is 2.79 bits per heavy atom. The van der Waals surface area contributed by atoms with Crippen LogP contribution in [-0.4, -0.2) is 29.5 Å². The molecule has 1 aliphatic rings. The van der Waals surface area contributed by atoms with E-state index < -0.39 is 0 Å². The molecule has 0 spiro atoms. The van der Waals surface area contributed by atoms with Crippen LogP contribution in [0.1, 0.15) is 33.6 Å². The van der Waals surface area contributed by atoms with Crippen LogP contribution in [-0.2, 0) is 9.53 Å². The summed E-state index contributed by atoms with van der Waals surface area (Å²) in [5.41, 5.74) is -0.297. The fourth-order valence-corrected chi connectivity index (χ4v) is 1.93. The van der Waals surface area contributed by atoms with Crippen molar-refractivity contribution in [1.82, 2.24) is 4.90 Å². The number of ether oxygens (including phenoxy) is 1. The summed E-state index contributed by atoms with van der Waals surface area (Å²) in [5.74, 6) is 0.348. The molecule has 104 valence electrons. The molecule has 1 heterocycles. The Bertz CT molecular complexity index is 413. The number of likely N-dealkylation sites (tertiary alicyclic amines) is 1. The fourth-order valence-electron chi connectivity index (χ4n) is 1.93. The van der Waals surface area contributed by atoms with Crippen molar-refractivity contribution in [2.45, 2.75) is 39.2 Å². The Labute approximate surface area is 115 Å². The Morgan fingerprint density at radius 2 is 2.32 bits per heavy atom. The normalized spacial score (nSPS) is 17.6. The van der Waals surface area contributed by atoms with Gasteiger partial charge in [-0.3, -0.25) is 4.79 Å². The maximum Gasteiger partial charge on any atom is 0.222 e. The Hall–Kier alpha value is -1.76. The lowest BCUT2D eigenvalue weighted by Gasteiger charge is -2.21. The monoisotopic (exact) mass is 262 g/mol. The molecular weight excluding hydrogens is 240 g/mol. The van der Waals surface area contributed by atoms with Gasteiger partial charge in [0, 0.05) is 19.5 Å². The minimum absolute atomic E-state index is 0.137. The fraction of sp³-hybridized carbons (Fsp3) is 0.600. The number of carbonyl (C=O) groups excluding carboxylic acids is 1. The summed E-state index contributed by atoms with van der Waals surface area (Å²) in [4.78, 5) is 13.2. The predicted molar refractivity (Wildman–Crippen MR) is 74.0 cm³/mol. The highest BCUT2D eigenvalue weighted by atomic mass is 16.5. The van der Waals surface area contributed by atoms with Crippen LogP contribution in [0.15, 0.2) is 24.5 Å². The van der Waals surface area contributed by atoms with Crippen molar-refractivity contribution in [1.29, 1.82) is 5.26 Å². The van der Waals surface area contributed by atoms with E-state index in [4.69, 9.17) is 10.00 Å². The molecule has 4 nitrogen and oxygen atoms in total. The highest BCUT2D eigenvalue weighted by molar-refractivity contribution is 5.78. The number of rotatable bonds is 5. The van der Waals surface area contributed by atoms with Gasteiger partial charge in [0.2, 0.25) is 5.91 Å². The van der Waals surface area contributed by atoms with Crippen molar-refractivity contribution < 1.29 is 9.53 Å². The molecule has 1 saturated heterocycles. The van der Waals surface area contributed by atoms with E-state index in [2.05, 4.69) is 12.6 Å². The first-order valence-electron chi connectivity index (χ1n) is 6.55. The van der Waals surface area contributed by atoms with Crippen molar-refractivity contribution in [3.63, 3.8) is 0 Å². The van der Waals surface area contributed by atoms with Crippen molar-refractivity contribution in [2.75, 3.05) is 13.1 Å². The molecule has 0 radical (unpaired) electrons. The van der Waals surface area contributed by atoms with E-state index in [0.717, 1.165) is 13.0 Å².